The van der Waals surface area contributed by atoms with Gasteiger partial charge in [-0.05, 0) is 57.1 Å². The molecule has 0 radical (unpaired) electrons. The van der Waals surface area contributed by atoms with Gasteiger partial charge in [-0.25, -0.2) is 9.59 Å². The lowest BCUT2D eigenvalue weighted by atomic mass is 10.0. The van der Waals surface area contributed by atoms with Gasteiger partial charge < -0.3 is 25.8 Å². The third kappa shape index (κ3) is 12.5. The van der Waals surface area contributed by atoms with Gasteiger partial charge in [0.15, 0.2) is 0 Å². The van der Waals surface area contributed by atoms with Crippen molar-refractivity contribution >= 4 is 35.6 Å². The fourth-order valence-electron chi connectivity index (χ4n) is 3.25. The van der Waals surface area contributed by atoms with Crippen LogP contribution in [0, 0.1) is 5.92 Å². The SMILES string of the molecule is CSCCC(NC(=O)OC(C)(C)C)C(=O)NC(CC(C)C)C(=O)NC(Cc1ccccc1)C(=O)O. The maximum atomic E-state index is 13.1. The van der Waals surface area contributed by atoms with Crippen LogP contribution in [0.1, 0.15) is 53.0 Å². The molecule has 3 unspecified atom stereocenters. The van der Waals surface area contributed by atoms with Gasteiger partial charge in [0, 0.05) is 6.42 Å². The number of carbonyl (C=O) groups is 4. The van der Waals surface area contributed by atoms with Crippen LogP contribution in [0.15, 0.2) is 30.3 Å². The number of aliphatic carboxylic acids is 1. The number of benzene rings is 1. The van der Waals surface area contributed by atoms with Crippen molar-refractivity contribution in [1.29, 1.82) is 0 Å². The normalized spacial score (nSPS) is 13.9. The lowest BCUT2D eigenvalue weighted by molar-refractivity contribution is -0.142. The van der Waals surface area contributed by atoms with Gasteiger partial charge in [-0.15, -0.1) is 0 Å². The summed E-state index contributed by atoms with van der Waals surface area (Å²) in [5.41, 5.74) is 0.0401. The van der Waals surface area contributed by atoms with Crippen molar-refractivity contribution in [2.24, 2.45) is 5.92 Å². The fourth-order valence-corrected chi connectivity index (χ4v) is 3.72. The van der Waals surface area contributed by atoms with Crippen molar-refractivity contribution in [3.05, 3.63) is 35.9 Å². The van der Waals surface area contributed by atoms with Gasteiger partial charge in [-0.2, -0.15) is 11.8 Å². The second-order valence-corrected chi connectivity index (χ2v) is 10.7. The van der Waals surface area contributed by atoms with Crippen molar-refractivity contribution in [2.45, 2.75) is 77.6 Å². The summed E-state index contributed by atoms with van der Waals surface area (Å²) < 4.78 is 5.27. The third-order valence-electron chi connectivity index (χ3n) is 4.86. The van der Waals surface area contributed by atoms with Crippen LogP contribution in [0.4, 0.5) is 4.79 Å². The lowest BCUT2D eigenvalue weighted by Gasteiger charge is -2.26. The van der Waals surface area contributed by atoms with Crippen LogP contribution in [0.25, 0.3) is 0 Å². The molecule has 0 spiro atoms. The van der Waals surface area contributed by atoms with Crippen molar-refractivity contribution in [1.82, 2.24) is 16.0 Å². The van der Waals surface area contributed by atoms with E-state index in [0.717, 1.165) is 5.56 Å². The zero-order chi connectivity index (χ0) is 26.6. The van der Waals surface area contributed by atoms with Crippen LogP contribution in [0.2, 0.25) is 0 Å². The lowest BCUT2D eigenvalue weighted by Crippen LogP contribution is -2.56. The highest BCUT2D eigenvalue weighted by Crippen LogP contribution is 2.11. The topological polar surface area (TPSA) is 134 Å². The highest BCUT2D eigenvalue weighted by molar-refractivity contribution is 7.98. The van der Waals surface area contributed by atoms with Gasteiger partial charge in [0.05, 0.1) is 0 Å². The number of hydrogen-bond acceptors (Lipinski definition) is 6. The Morgan fingerprint density at radius 2 is 1.51 bits per heavy atom. The Bertz CT molecular complexity index is 841. The van der Waals surface area contributed by atoms with Gasteiger partial charge >= 0.3 is 12.1 Å². The maximum absolute atomic E-state index is 13.1. The Hall–Kier alpha value is -2.75. The summed E-state index contributed by atoms with van der Waals surface area (Å²) in [6.07, 6.45) is 1.92. The Kier molecular flexibility index (Phi) is 12.6. The third-order valence-corrected chi connectivity index (χ3v) is 5.50. The van der Waals surface area contributed by atoms with Crippen LogP contribution < -0.4 is 16.0 Å². The highest BCUT2D eigenvalue weighted by Gasteiger charge is 2.30. The second-order valence-electron chi connectivity index (χ2n) is 9.76. The van der Waals surface area contributed by atoms with E-state index >= 15 is 0 Å². The van der Waals surface area contributed by atoms with Crippen LogP contribution in [-0.2, 0) is 25.5 Å². The predicted molar refractivity (Wildman–Crippen MR) is 137 cm³/mol. The number of carboxylic acid groups (broad SMARTS) is 1. The molecule has 1 aromatic rings. The number of thioether (sulfide) groups is 1. The summed E-state index contributed by atoms with van der Waals surface area (Å²) in [5.74, 6) is -1.63. The number of carboxylic acids is 1. The minimum atomic E-state index is -1.17. The summed E-state index contributed by atoms with van der Waals surface area (Å²) >= 11 is 1.52. The number of ether oxygens (including phenoxy) is 1. The largest absolute Gasteiger partial charge is 0.480 e. The first-order chi connectivity index (χ1) is 16.3. The van der Waals surface area contributed by atoms with E-state index in [-0.39, 0.29) is 12.3 Å². The van der Waals surface area contributed by atoms with Gasteiger partial charge in [-0.3, -0.25) is 9.59 Å². The van der Waals surface area contributed by atoms with Gasteiger partial charge in [-0.1, -0.05) is 44.2 Å². The predicted octanol–water partition coefficient (Wildman–Crippen LogP) is 2.98. The number of nitrogens with one attached hydrogen (secondary N) is 3. The number of hydrogen-bond donors (Lipinski definition) is 4. The molecule has 1 aromatic carbocycles. The summed E-state index contributed by atoms with van der Waals surface area (Å²) in [7, 11) is 0. The van der Waals surface area contributed by atoms with E-state index in [2.05, 4.69) is 16.0 Å². The van der Waals surface area contributed by atoms with Crippen LogP contribution in [0.3, 0.4) is 0 Å². The van der Waals surface area contributed by atoms with Gasteiger partial charge in [0.2, 0.25) is 11.8 Å². The minimum Gasteiger partial charge on any atom is -0.480 e. The van der Waals surface area contributed by atoms with E-state index in [1.165, 1.54) is 11.8 Å². The fraction of sp³-hybridized carbons (Fsp3) is 0.600. The summed E-state index contributed by atoms with van der Waals surface area (Å²) in [4.78, 5) is 50.2. The molecule has 1 rings (SSSR count). The van der Waals surface area contributed by atoms with Gasteiger partial charge in [0.1, 0.15) is 23.7 Å². The van der Waals surface area contributed by atoms with E-state index in [1.54, 1.807) is 45.0 Å². The van der Waals surface area contributed by atoms with E-state index in [4.69, 9.17) is 4.74 Å². The first kappa shape index (κ1) is 30.3. The molecular weight excluding hydrogens is 470 g/mol. The molecule has 0 aliphatic carbocycles. The van der Waals surface area contributed by atoms with Crippen LogP contribution >= 0.6 is 11.8 Å². The number of amides is 3. The first-order valence-electron chi connectivity index (χ1n) is 11.7. The van der Waals surface area contributed by atoms with Crippen molar-refractivity contribution in [3.8, 4) is 0 Å². The molecule has 0 saturated carbocycles. The molecule has 3 atom stereocenters. The van der Waals surface area contributed by atoms with E-state index in [9.17, 15) is 24.3 Å². The minimum absolute atomic E-state index is 0.0481. The molecule has 4 N–H and O–H groups in total. The molecule has 9 nitrogen and oxygen atoms in total. The molecule has 196 valence electrons. The summed E-state index contributed by atoms with van der Waals surface area (Å²) in [5, 5.41) is 17.5. The molecule has 0 heterocycles. The van der Waals surface area contributed by atoms with Crippen molar-refractivity contribution < 1.29 is 29.0 Å². The zero-order valence-corrected chi connectivity index (χ0v) is 22.2. The molecule has 0 aliphatic heterocycles. The average molecular weight is 510 g/mol. The van der Waals surface area contributed by atoms with Gasteiger partial charge in [0.25, 0.3) is 0 Å². The van der Waals surface area contributed by atoms with Crippen LogP contribution in [-0.4, -0.2) is 64.7 Å². The van der Waals surface area contributed by atoms with E-state index in [1.807, 2.05) is 26.2 Å². The maximum Gasteiger partial charge on any atom is 0.408 e. The molecule has 0 fully saturated rings. The summed E-state index contributed by atoms with van der Waals surface area (Å²) in [6.45, 7) is 8.97. The molecule has 3 amide bonds. The average Bonchev–Trinajstić information content (AvgIpc) is 2.74. The molecule has 35 heavy (non-hydrogen) atoms. The highest BCUT2D eigenvalue weighted by atomic mass is 32.2. The first-order valence-corrected chi connectivity index (χ1v) is 13.1. The second kappa shape index (κ2) is 14.6. The molecule has 0 saturated heterocycles. The molecule has 0 bridgehead atoms. The monoisotopic (exact) mass is 509 g/mol. The van der Waals surface area contributed by atoms with Crippen molar-refractivity contribution in [2.75, 3.05) is 12.0 Å². The number of alkyl carbamates (subject to hydrolysis) is 1. The molecule has 0 aliphatic rings. The standard InChI is InChI=1S/C25H39N3O6S/c1-16(2)14-19(22(30)27-20(23(31)32)15-17-10-8-7-9-11-17)26-21(29)18(12-13-35-6)28-24(33)34-25(3,4)5/h7-11,16,18-20H,12-15H2,1-6H3,(H,26,29)(H,27,30)(H,28,33)(H,31,32). The quantitative estimate of drug-likeness (QED) is 0.321. The molecular formula is C25H39N3O6S. The number of rotatable bonds is 13. The zero-order valence-electron chi connectivity index (χ0n) is 21.4. The van der Waals surface area contributed by atoms with Crippen LogP contribution in [0.5, 0.6) is 0 Å². The Morgan fingerprint density at radius 3 is 2.03 bits per heavy atom. The summed E-state index contributed by atoms with van der Waals surface area (Å²) in [6, 6.07) is 5.97. The Morgan fingerprint density at radius 1 is 0.943 bits per heavy atom. The van der Waals surface area contributed by atoms with E-state index < -0.39 is 47.6 Å². The van der Waals surface area contributed by atoms with E-state index in [0.29, 0.717) is 18.6 Å². The number of carbonyl (C=O) groups excluding carboxylic acids is 3. The molecule has 0 aromatic heterocycles. The Balaban J connectivity index is 2.96. The smallest absolute Gasteiger partial charge is 0.408 e. The molecule has 10 heteroatoms. The van der Waals surface area contributed by atoms with Crippen molar-refractivity contribution in [3.63, 3.8) is 0 Å². The Labute approximate surface area is 212 Å².